The zero-order valence-electron chi connectivity index (χ0n) is 9.86. The van der Waals surface area contributed by atoms with Gasteiger partial charge >= 0.3 is 5.97 Å². The number of hydrogen-bond donors (Lipinski definition) is 3. The highest BCUT2D eigenvalue weighted by molar-refractivity contribution is 5.73. The third-order valence-electron chi connectivity index (χ3n) is 2.87. The van der Waals surface area contributed by atoms with Gasteiger partial charge in [-0.05, 0) is 12.3 Å². The van der Waals surface area contributed by atoms with Gasteiger partial charge in [0, 0.05) is 6.54 Å². The second kappa shape index (κ2) is 7.65. The van der Waals surface area contributed by atoms with Crippen LogP contribution in [0.1, 0.15) is 40.0 Å². The molecule has 0 aliphatic rings. The first-order valence-electron chi connectivity index (χ1n) is 5.70. The van der Waals surface area contributed by atoms with Gasteiger partial charge in [0.25, 0.3) is 0 Å². The van der Waals surface area contributed by atoms with E-state index in [1.54, 1.807) is 0 Å². The average molecular weight is 217 g/mol. The van der Waals surface area contributed by atoms with Gasteiger partial charge in [-0.1, -0.05) is 33.6 Å². The third kappa shape index (κ3) is 5.14. The van der Waals surface area contributed by atoms with Gasteiger partial charge < -0.3 is 15.5 Å². The van der Waals surface area contributed by atoms with Gasteiger partial charge in [-0.25, -0.2) is 0 Å². The summed E-state index contributed by atoms with van der Waals surface area (Å²) in [6, 6.07) is -0.547. The topological polar surface area (TPSA) is 69.6 Å². The number of carbonyl (C=O) groups is 1. The van der Waals surface area contributed by atoms with Crippen molar-refractivity contribution in [2.24, 2.45) is 5.92 Å². The molecule has 0 aromatic rings. The van der Waals surface area contributed by atoms with Gasteiger partial charge in [0.1, 0.15) is 6.04 Å². The van der Waals surface area contributed by atoms with E-state index in [0.717, 1.165) is 12.8 Å². The zero-order valence-corrected chi connectivity index (χ0v) is 9.86. The molecule has 15 heavy (non-hydrogen) atoms. The van der Waals surface area contributed by atoms with Crippen molar-refractivity contribution in [3.63, 3.8) is 0 Å². The summed E-state index contributed by atoms with van der Waals surface area (Å²) in [5.41, 5.74) is 0. The van der Waals surface area contributed by atoms with E-state index in [9.17, 15) is 9.90 Å². The quantitative estimate of drug-likeness (QED) is 0.572. The molecule has 3 N–H and O–H groups in total. The van der Waals surface area contributed by atoms with Gasteiger partial charge in [0.15, 0.2) is 0 Å². The number of carboxylic acid groups (broad SMARTS) is 1. The number of aliphatic hydroxyl groups is 1. The van der Waals surface area contributed by atoms with Gasteiger partial charge in [-0.3, -0.25) is 4.79 Å². The Balaban J connectivity index is 3.96. The predicted molar refractivity (Wildman–Crippen MR) is 59.8 cm³/mol. The van der Waals surface area contributed by atoms with Crippen molar-refractivity contribution in [2.75, 3.05) is 6.54 Å². The van der Waals surface area contributed by atoms with Crippen molar-refractivity contribution in [3.05, 3.63) is 0 Å². The summed E-state index contributed by atoms with van der Waals surface area (Å²) in [5.74, 6) is -0.599. The molecule has 2 atom stereocenters. The lowest BCUT2D eigenvalue weighted by Crippen LogP contribution is -2.42. The van der Waals surface area contributed by atoms with E-state index in [0.29, 0.717) is 13.0 Å². The first-order valence-corrected chi connectivity index (χ1v) is 5.70. The standard InChI is InChI=1S/C11H23NO3/c1-4-8(5-2)10(13)7-12-9(6-3)11(14)15/h8-10,12-13H,4-7H2,1-3H3,(H,14,15). The summed E-state index contributed by atoms with van der Waals surface area (Å²) in [7, 11) is 0. The molecule has 0 aromatic heterocycles. The Labute approximate surface area is 91.7 Å². The van der Waals surface area contributed by atoms with Crippen molar-refractivity contribution in [1.82, 2.24) is 5.32 Å². The predicted octanol–water partition coefficient (Wildman–Crippen LogP) is 1.24. The van der Waals surface area contributed by atoms with Crippen molar-refractivity contribution in [2.45, 2.75) is 52.2 Å². The summed E-state index contributed by atoms with van der Waals surface area (Å²) in [4.78, 5) is 10.7. The smallest absolute Gasteiger partial charge is 0.320 e. The van der Waals surface area contributed by atoms with Crippen LogP contribution in [0.25, 0.3) is 0 Å². The molecule has 0 rings (SSSR count). The maximum absolute atomic E-state index is 10.7. The van der Waals surface area contributed by atoms with Gasteiger partial charge in [0.2, 0.25) is 0 Å². The lowest BCUT2D eigenvalue weighted by atomic mass is 9.96. The summed E-state index contributed by atoms with van der Waals surface area (Å²) in [6.07, 6.45) is 1.92. The molecule has 0 aromatic carbocycles. The van der Waals surface area contributed by atoms with Crippen LogP contribution in [0.3, 0.4) is 0 Å². The van der Waals surface area contributed by atoms with Crippen molar-refractivity contribution in [3.8, 4) is 0 Å². The van der Waals surface area contributed by atoms with Gasteiger partial charge in [-0.2, -0.15) is 0 Å². The van der Waals surface area contributed by atoms with E-state index >= 15 is 0 Å². The van der Waals surface area contributed by atoms with Crippen LogP contribution in [0.15, 0.2) is 0 Å². The minimum Gasteiger partial charge on any atom is -0.480 e. The molecule has 4 nitrogen and oxygen atoms in total. The van der Waals surface area contributed by atoms with Crippen molar-refractivity contribution in [1.29, 1.82) is 0 Å². The average Bonchev–Trinajstić information content (AvgIpc) is 2.20. The fourth-order valence-corrected chi connectivity index (χ4v) is 1.67. The molecular weight excluding hydrogens is 194 g/mol. The molecule has 0 saturated heterocycles. The van der Waals surface area contributed by atoms with E-state index in [2.05, 4.69) is 5.32 Å². The van der Waals surface area contributed by atoms with E-state index in [1.807, 2.05) is 20.8 Å². The fourth-order valence-electron chi connectivity index (χ4n) is 1.67. The number of carboxylic acids is 1. The number of nitrogens with one attached hydrogen (secondary N) is 1. The van der Waals surface area contributed by atoms with Crippen molar-refractivity contribution < 1.29 is 15.0 Å². The normalized spacial score (nSPS) is 15.3. The summed E-state index contributed by atoms with van der Waals surface area (Å²) >= 11 is 0. The second-order valence-corrected chi connectivity index (χ2v) is 3.85. The highest BCUT2D eigenvalue weighted by atomic mass is 16.4. The molecule has 0 bridgehead atoms. The monoisotopic (exact) mass is 217 g/mol. The van der Waals surface area contributed by atoms with Crippen LogP contribution in [0.5, 0.6) is 0 Å². The molecule has 0 radical (unpaired) electrons. The van der Waals surface area contributed by atoms with E-state index in [-0.39, 0.29) is 5.92 Å². The maximum atomic E-state index is 10.7. The Morgan fingerprint density at radius 3 is 2.07 bits per heavy atom. The van der Waals surface area contributed by atoms with Crippen LogP contribution in [0, 0.1) is 5.92 Å². The Morgan fingerprint density at radius 1 is 1.20 bits per heavy atom. The molecule has 90 valence electrons. The number of aliphatic carboxylic acids is 1. The van der Waals surface area contributed by atoms with E-state index in [1.165, 1.54) is 0 Å². The molecule has 0 aliphatic heterocycles. The van der Waals surface area contributed by atoms with Crippen molar-refractivity contribution >= 4 is 5.97 Å². The maximum Gasteiger partial charge on any atom is 0.320 e. The van der Waals surface area contributed by atoms with Crippen LogP contribution < -0.4 is 5.32 Å². The van der Waals surface area contributed by atoms with Gasteiger partial charge in [0.05, 0.1) is 6.10 Å². The van der Waals surface area contributed by atoms with Crippen LogP contribution in [-0.2, 0) is 4.79 Å². The van der Waals surface area contributed by atoms with Crippen LogP contribution >= 0.6 is 0 Å². The Bertz CT molecular complexity index is 181. The first-order chi connectivity index (χ1) is 7.06. The Kier molecular flexibility index (Phi) is 7.34. The molecular formula is C11H23NO3. The number of rotatable bonds is 8. The summed E-state index contributed by atoms with van der Waals surface area (Å²) < 4.78 is 0. The minimum atomic E-state index is -0.853. The molecule has 4 heteroatoms. The zero-order chi connectivity index (χ0) is 11.8. The summed E-state index contributed by atoms with van der Waals surface area (Å²) in [6.45, 7) is 6.24. The Hall–Kier alpha value is -0.610. The summed E-state index contributed by atoms with van der Waals surface area (Å²) in [5, 5.41) is 21.4. The number of hydrogen-bond acceptors (Lipinski definition) is 3. The minimum absolute atomic E-state index is 0.254. The van der Waals surface area contributed by atoms with Crippen LogP contribution in [0.2, 0.25) is 0 Å². The van der Waals surface area contributed by atoms with Crippen LogP contribution in [-0.4, -0.2) is 34.9 Å². The molecule has 0 saturated carbocycles. The number of aliphatic hydroxyl groups excluding tert-OH is 1. The second-order valence-electron chi connectivity index (χ2n) is 3.85. The largest absolute Gasteiger partial charge is 0.480 e. The highest BCUT2D eigenvalue weighted by Gasteiger charge is 2.19. The van der Waals surface area contributed by atoms with E-state index < -0.39 is 18.1 Å². The molecule has 0 aliphatic carbocycles. The lowest BCUT2D eigenvalue weighted by molar-refractivity contribution is -0.139. The van der Waals surface area contributed by atoms with Crippen LogP contribution in [0.4, 0.5) is 0 Å². The lowest BCUT2D eigenvalue weighted by Gasteiger charge is -2.22. The molecule has 0 amide bonds. The third-order valence-corrected chi connectivity index (χ3v) is 2.87. The molecule has 0 spiro atoms. The highest BCUT2D eigenvalue weighted by Crippen LogP contribution is 2.12. The molecule has 0 heterocycles. The first kappa shape index (κ1) is 14.4. The molecule has 0 fully saturated rings. The SMILES string of the molecule is CCC(NCC(O)C(CC)CC)C(=O)O. The van der Waals surface area contributed by atoms with E-state index in [4.69, 9.17) is 5.11 Å². The fraction of sp³-hybridized carbons (Fsp3) is 0.909. The molecule has 2 unspecified atom stereocenters. The Morgan fingerprint density at radius 2 is 1.73 bits per heavy atom. The van der Waals surface area contributed by atoms with Gasteiger partial charge in [-0.15, -0.1) is 0 Å².